The molecular formula is C8H13BrO. The molecular weight excluding hydrogens is 192 g/mol. The second-order valence-corrected chi connectivity index (χ2v) is 3.61. The molecule has 0 aromatic heterocycles. The zero-order valence-corrected chi connectivity index (χ0v) is 7.91. The molecule has 0 radical (unpaired) electrons. The second kappa shape index (κ2) is 4.14. The van der Waals surface area contributed by atoms with Crippen molar-refractivity contribution in [1.82, 2.24) is 0 Å². The lowest BCUT2D eigenvalue weighted by Gasteiger charge is -2.14. The molecule has 1 aliphatic rings. The Hall–Kier alpha value is 0.180. The number of halogens is 1. The van der Waals surface area contributed by atoms with Crippen molar-refractivity contribution in [2.24, 2.45) is 0 Å². The van der Waals surface area contributed by atoms with Crippen LogP contribution in [0.25, 0.3) is 0 Å². The van der Waals surface area contributed by atoms with Gasteiger partial charge in [0.15, 0.2) is 0 Å². The van der Waals surface area contributed by atoms with Crippen LogP contribution in [0.1, 0.15) is 25.7 Å². The fraction of sp³-hybridized carbons (Fsp3) is 0.750. The van der Waals surface area contributed by atoms with Crippen LogP contribution in [0.3, 0.4) is 0 Å². The molecule has 58 valence electrons. The summed E-state index contributed by atoms with van der Waals surface area (Å²) < 4.78 is 6.44. The van der Waals surface area contributed by atoms with Gasteiger partial charge in [-0.2, -0.15) is 0 Å². The first-order chi connectivity index (χ1) is 4.84. The van der Waals surface area contributed by atoms with E-state index >= 15 is 0 Å². The molecule has 2 heteroatoms. The van der Waals surface area contributed by atoms with Gasteiger partial charge < -0.3 is 4.74 Å². The summed E-state index contributed by atoms with van der Waals surface area (Å²) in [6, 6.07) is 0. The van der Waals surface area contributed by atoms with E-state index in [1.807, 2.05) is 0 Å². The van der Waals surface area contributed by atoms with Crippen molar-refractivity contribution < 1.29 is 4.74 Å². The van der Waals surface area contributed by atoms with Crippen molar-refractivity contribution in [1.29, 1.82) is 0 Å². The van der Waals surface area contributed by atoms with E-state index in [-0.39, 0.29) is 0 Å². The number of hydrogen-bond acceptors (Lipinski definition) is 1. The van der Waals surface area contributed by atoms with Gasteiger partial charge in [-0.05, 0) is 35.7 Å². The van der Waals surface area contributed by atoms with Crippen LogP contribution in [-0.2, 0) is 4.74 Å². The lowest BCUT2D eigenvalue weighted by atomic mass is 10.0. The van der Waals surface area contributed by atoms with Crippen LogP contribution in [0.2, 0.25) is 0 Å². The van der Waals surface area contributed by atoms with Crippen molar-refractivity contribution in [3.05, 3.63) is 10.1 Å². The van der Waals surface area contributed by atoms with E-state index in [1.54, 1.807) is 7.11 Å². The maximum Gasteiger partial charge on any atom is 0.0683 e. The summed E-state index contributed by atoms with van der Waals surface area (Å²) in [6.07, 6.45) is 5.08. The minimum Gasteiger partial charge on any atom is -0.380 e. The highest BCUT2D eigenvalue weighted by atomic mass is 79.9. The topological polar surface area (TPSA) is 9.23 Å². The Morgan fingerprint density at radius 2 is 2.10 bits per heavy atom. The summed E-state index contributed by atoms with van der Waals surface area (Å²) in [6.45, 7) is 0.806. The maximum atomic E-state index is 5.06. The molecule has 0 unspecified atom stereocenters. The Balaban J connectivity index is 2.50. The van der Waals surface area contributed by atoms with Crippen LogP contribution in [0.15, 0.2) is 10.1 Å². The van der Waals surface area contributed by atoms with Crippen molar-refractivity contribution in [2.45, 2.75) is 25.7 Å². The van der Waals surface area contributed by atoms with Crippen LogP contribution in [-0.4, -0.2) is 13.7 Å². The molecule has 0 fully saturated rings. The van der Waals surface area contributed by atoms with E-state index in [4.69, 9.17) is 4.74 Å². The lowest BCUT2D eigenvalue weighted by molar-refractivity contribution is 0.221. The lowest BCUT2D eigenvalue weighted by Crippen LogP contribution is -2.01. The summed E-state index contributed by atoms with van der Waals surface area (Å²) in [7, 11) is 1.75. The average Bonchev–Trinajstić information content (AvgIpc) is 1.94. The van der Waals surface area contributed by atoms with E-state index in [2.05, 4.69) is 15.9 Å². The van der Waals surface area contributed by atoms with E-state index in [1.165, 1.54) is 35.7 Å². The van der Waals surface area contributed by atoms with Gasteiger partial charge in [0.05, 0.1) is 6.61 Å². The minimum atomic E-state index is 0.806. The molecule has 1 rings (SSSR count). The molecule has 0 heterocycles. The number of methoxy groups -OCH3 is 1. The van der Waals surface area contributed by atoms with E-state index in [0.29, 0.717) is 0 Å². The van der Waals surface area contributed by atoms with E-state index in [9.17, 15) is 0 Å². The van der Waals surface area contributed by atoms with Crippen molar-refractivity contribution in [2.75, 3.05) is 13.7 Å². The van der Waals surface area contributed by atoms with Crippen molar-refractivity contribution >= 4 is 15.9 Å². The minimum absolute atomic E-state index is 0.806. The summed E-state index contributed by atoms with van der Waals surface area (Å²) in [4.78, 5) is 0. The fourth-order valence-electron chi connectivity index (χ4n) is 1.26. The van der Waals surface area contributed by atoms with Gasteiger partial charge in [-0.15, -0.1) is 0 Å². The van der Waals surface area contributed by atoms with Crippen LogP contribution in [0.5, 0.6) is 0 Å². The average molecular weight is 205 g/mol. The van der Waals surface area contributed by atoms with Gasteiger partial charge in [0, 0.05) is 7.11 Å². The standard InChI is InChI=1S/C8H13BrO/c1-10-6-7-4-2-3-5-8(7)9/h2-6H2,1H3. The Labute approximate surface area is 70.6 Å². The number of hydrogen-bond donors (Lipinski definition) is 0. The molecule has 0 saturated carbocycles. The zero-order chi connectivity index (χ0) is 7.40. The quantitative estimate of drug-likeness (QED) is 0.673. The van der Waals surface area contributed by atoms with E-state index < -0.39 is 0 Å². The largest absolute Gasteiger partial charge is 0.380 e. The Morgan fingerprint density at radius 1 is 1.40 bits per heavy atom. The molecule has 1 aliphatic carbocycles. The monoisotopic (exact) mass is 204 g/mol. The predicted molar refractivity (Wildman–Crippen MR) is 46.3 cm³/mol. The smallest absolute Gasteiger partial charge is 0.0683 e. The summed E-state index contributed by atoms with van der Waals surface area (Å²) in [5.41, 5.74) is 1.45. The Morgan fingerprint density at radius 3 is 2.70 bits per heavy atom. The van der Waals surface area contributed by atoms with Gasteiger partial charge in [0.25, 0.3) is 0 Å². The number of ether oxygens (including phenoxy) is 1. The van der Waals surface area contributed by atoms with Gasteiger partial charge in [0.1, 0.15) is 0 Å². The molecule has 0 aromatic rings. The first kappa shape index (κ1) is 8.28. The normalized spacial score (nSPS) is 19.8. The predicted octanol–water partition coefficient (Wildman–Crippen LogP) is 2.86. The summed E-state index contributed by atoms with van der Waals surface area (Å²) >= 11 is 3.56. The van der Waals surface area contributed by atoms with Gasteiger partial charge in [-0.25, -0.2) is 0 Å². The molecule has 10 heavy (non-hydrogen) atoms. The highest BCUT2D eigenvalue weighted by molar-refractivity contribution is 9.11. The number of rotatable bonds is 2. The van der Waals surface area contributed by atoms with Gasteiger partial charge in [-0.3, -0.25) is 0 Å². The maximum absolute atomic E-state index is 5.06. The molecule has 0 aromatic carbocycles. The third-order valence-electron chi connectivity index (χ3n) is 1.83. The zero-order valence-electron chi connectivity index (χ0n) is 6.32. The molecule has 0 spiro atoms. The Bertz CT molecular complexity index is 140. The SMILES string of the molecule is COCC1=C(Br)CCCC1. The third kappa shape index (κ3) is 2.10. The van der Waals surface area contributed by atoms with Crippen LogP contribution in [0.4, 0.5) is 0 Å². The highest BCUT2D eigenvalue weighted by Gasteiger charge is 2.09. The van der Waals surface area contributed by atoms with Crippen LogP contribution in [0, 0.1) is 0 Å². The highest BCUT2D eigenvalue weighted by Crippen LogP contribution is 2.28. The first-order valence-electron chi connectivity index (χ1n) is 3.70. The van der Waals surface area contributed by atoms with Gasteiger partial charge in [0.2, 0.25) is 0 Å². The molecule has 0 bridgehead atoms. The molecule has 0 atom stereocenters. The second-order valence-electron chi connectivity index (χ2n) is 2.65. The fourth-order valence-corrected chi connectivity index (χ4v) is 1.85. The molecule has 0 N–H and O–H groups in total. The Kier molecular flexibility index (Phi) is 3.43. The molecule has 1 nitrogen and oxygen atoms in total. The van der Waals surface area contributed by atoms with Crippen LogP contribution < -0.4 is 0 Å². The van der Waals surface area contributed by atoms with Crippen LogP contribution >= 0.6 is 15.9 Å². The molecule has 0 amide bonds. The molecule has 0 saturated heterocycles. The van der Waals surface area contributed by atoms with E-state index in [0.717, 1.165) is 6.61 Å². The molecule has 0 aliphatic heterocycles. The summed E-state index contributed by atoms with van der Waals surface area (Å²) in [5.74, 6) is 0. The van der Waals surface area contributed by atoms with Gasteiger partial charge >= 0.3 is 0 Å². The number of allylic oxidation sites excluding steroid dienone is 1. The third-order valence-corrected chi connectivity index (χ3v) is 2.78. The van der Waals surface area contributed by atoms with Gasteiger partial charge in [-0.1, -0.05) is 15.9 Å². The van der Waals surface area contributed by atoms with Crippen molar-refractivity contribution in [3.63, 3.8) is 0 Å². The first-order valence-corrected chi connectivity index (χ1v) is 4.49. The van der Waals surface area contributed by atoms with Crippen molar-refractivity contribution in [3.8, 4) is 0 Å². The summed E-state index contributed by atoms with van der Waals surface area (Å²) in [5, 5.41) is 0.